The summed E-state index contributed by atoms with van der Waals surface area (Å²) in [6.07, 6.45) is 5.72. The molecule has 0 spiro atoms. The smallest absolute Gasteiger partial charge is 0.251 e. The number of nitrogens with one attached hydrogen (secondary N) is 1. The van der Waals surface area contributed by atoms with Gasteiger partial charge in [-0.15, -0.1) is 0 Å². The summed E-state index contributed by atoms with van der Waals surface area (Å²) in [5.41, 5.74) is 2.81. The van der Waals surface area contributed by atoms with Gasteiger partial charge in [0, 0.05) is 22.6 Å². The maximum Gasteiger partial charge on any atom is 0.251 e. The molecule has 0 saturated carbocycles. The number of para-hydroxylation sites is 1. The lowest BCUT2D eigenvalue weighted by molar-refractivity contribution is -0.118. The predicted molar refractivity (Wildman–Crippen MR) is 152 cm³/mol. The molecule has 5 nitrogen and oxygen atoms in total. The molecule has 2 aliphatic heterocycles. The summed E-state index contributed by atoms with van der Waals surface area (Å²) >= 11 is 1.55. The second-order valence-corrected chi connectivity index (χ2v) is 10.9. The first kappa shape index (κ1) is 26.2. The van der Waals surface area contributed by atoms with Gasteiger partial charge in [-0.25, -0.2) is 4.39 Å². The molecule has 0 aromatic heterocycles. The quantitative estimate of drug-likeness (QED) is 0.358. The number of carbonyl (C=O) groups is 2. The molecule has 3 aromatic carbocycles. The van der Waals surface area contributed by atoms with E-state index in [-0.39, 0.29) is 30.6 Å². The van der Waals surface area contributed by atoms with Gasteiger partial charge in [0.15, 0.2) is 0 Å². The van der Waals surface area contributed by atoms with Crippen molar-refractivity contribution in [3.05, 3.63) is 100 Å². The van der Waals surface area contributed by atoms with E-state index in [1.54, 1.807) is 34.9 Å². The zero-order valence-corrected chi connectivity index (χ0v) is 22.2. The van der Waals surface area contributed by atoms with Crippen LogP contribution in [0.4, 0.5) is 10.1 Å². The van der Waals surface area contributed by atoms with Crippen LogP contribution in [0.3, 0.4) is 0 Å². The SMILES string of the molecule is O=C(NCCCN1CCCC1)c1ccc(/C=C2/CC(=O)N(Cc3ccccc3F)c3ccccc3S2)cc1. The van der Waals surface area contributed by atoms with Crippen molar-refractivity contribution < 1.29 is 14.0 Å². The molecule has 3 aromatic rings. The van der Waals surface area contributed by atoms with E-state index in [4.69, 9.17) is 0 Å². The Morgan fingerprint density at radius 3 is 2.50 bits per heavy atom. The average Bonchev–Trinajstić information content (AvgIpc) is 3.41. The molecule has 38 heavy (non-hydrogen) atoms. The number of carbonyl (C=O) groups excluding carboxylic acids is 2. The highest BCUT2D eigenvalue weighted by molar-refractivity contribution is 8.03. The minimum absolute atomic E-state index is 0.0673. The van der Waals surface area contributed by atoms with Gasteiger partial charge < -0.3 is 15.1 Å². The number of amides is 2. The van der Waals surface area contributed by atoms with Gasteiger partial charge in [-0.05, 0) is 85.8 Å². The highest BCUT2D eigenvalue weighted by Gasteiger charge is 2.26. The van der Waals surface area contributed by atoms with Crippen molar-refractivity contribution in [1.82, 2.24) is 10.2 Å². The van der Waals surface area contributed by atoms with Crippen molar-refractivity contribution in [2.45, 2.75) is 37.1 Å². The Kier molecular flexibility index (Phi) is 8.56. The molecule has 0 unspecified atom stereocenters. The number of hydrogen-bond acceptors (Lipinski definition) is 4. The number of halogens is 1. The number of nitrogens with zero attached hydrogens (tertiary/aromatic N) is 2. The third-order valence-corrected chi connectivity index (χ3v) is 8.04. The Bertz CT molecular complexity index is 1320. The zero-order valence-electron chi connectivity index (χ0n) is 21.4. The lowest BCUT2D eigenvalue weighted by atomic mass is 10.1. The summed E-state index contributed by atoms with van der Waals surface area (Å²) in [7, 11) is 0. The first-order valence-corrected chi connectivity index (χ1v) is 14.0. The van der Waals surface area contributed by atoms with Crippen LogP contribution in [0, 0.1) is 5.82 Å². The molecule has 1 saturated heterocycles. The van der Waals surface area contributed by atoms with E-state index in [1.807, 2.05) is 54.6 Å². The van der Waals surface area contributed by atoms with Crippen molar-refractivity contribution in [2.24, 2.45) is 0 Å². The lowest BCUT2D eigenvalue weighted by Crippen LogP contribution is -2.30. The number of benzene rings is 3. The van der Waals surface area contributed by atoms with Gasteiger partial charge in [0.25, 0.3) is 5.91 Å². The van der Waals surface area contributed by atoms with E-state index in [0.717, 1.165) is 34.0 Å². The van der Waals surface area contributed by atoms with E-state index >= 15 is 0 Å². The number of fused-ring (bicyclic) bond motifs is 1. The van der Waals surface area contributed by atoms with Crippen LogP contribution in [0.25, 0.3) is 6.08 Å². The van der Waals surface area contributed by atoms with Crippen molar-refractivity contribution in [3.8, 4) is 0 Å². The molecule has 5 rings (SSSR count). The fourth-order valence-electron chi connectivity index (χ4n) is 4.90. The van der Waals surface area contributed by atoms with E-state index < -0.39 is 0 Å². The second kappa shape index (κ2) is 12.4. The summed E-state index contributed by atoms with van der Waals surface area (Å²) in [6, 6.07) is 21.8. The summed E-state index contributed by atoms with van der Waals surface area (Å²) in [5, 5.41) is 3.02. The third kappa shape index (κ3) is 6.52. The molecule has 2 aliphatic rings. The largest absolute Gasteiger partial charge is 0.352 e. The first-order valence-electron chi connectivity index (χ1n) is 13.2. The standard InChI is InChI=1S/C31H32FN3O2S/c32-27-9-2-1-8-25(27)22-35-28-10-3-4-11-29(28)38-26(21-30(35)36)20-23-12-14-24(15-13-23)31(37)33-16-7-19-34-17-5-6-18-34/h1-4,8-15,20H,5-7,16-19,21-22H2,(H,33,37)/b26-20-. The molecule has 1 N–H and O–H groups in total. The number of likely N-dealkylation sites (tertiary alicyclic amines) is 1. The van der Waals surface area contributed by atoms with Gasteiger partial charge in [0.2, 0.25) is 5.91 Å². The third-order valence-electron chi connectivity index (χ3n) is 6.95. The van der Waals surface area contributed by atoms with Gasteiger partial charge in [-0.1, -0.05) is 54.2 Å². The minimum Gasteiger partial charge on any atom is -0.352 e. The fourth-order valence-corrected chi connectivity index (χ4v) is 6.01. The highest BCUT2D eigenvalue weighted by Crippen LogP contribution is 2.41. The topological polar surface area (TPSA) is 52.7 Å². The summed E-state index contributed by atoms with van der Waals surface area (Å²) in [5.74, 6) is -0.467. The zero-order chi connectivity index (χ0) is 26.3. The van der Waals surface area contributed by atoms with Gasteiger partial charge >= 0.3 is 0 Å². The maximum absolute atomic E-state index is 14.4. The molecular formula is C31H32FN3O2S. The molecule has 196 valence electrons. The van der Waals surface area contributed by atoms with Crippen molar-refractivity contribution >= 4 is 35.3 Å². The van der Waals surface area contributed by atoms with Gasteiger partial charge in [0.1, 0.15) is 5.82 Å². The van der Waals surface area contributed by atoms with Crippen LogP contribution >= 0.6 is 11.8 Å². The minimum atomic E-state index is -0.318. The number of thioether (sulfide) groups is 1. The average molecular weight is 530 g/mol. The van der Waals surface area contributed by atoms with E-state index in [9.17, 15) is 14.0 Å². The van der Waals surface area contributed by atoms with E-state index in [0.29, 0.717) is 17.7 Å². The van der Waals surface area contributed by atoms with Gasteiger partial charge in [-0.2, -0.15) is 0 Å². The van der Waals surface area contributed by atoms with Crippen LogP contribution in [-0.2, 0) is 11.3 Å². The fraction of sp³-hybridized carbons (Fsp3) is 0.290. The van der Waals surface area contributed by atoms with Crippen LogP contribution in [-0.4, -0.2) is 42.9 Å². The van der Waals surface area contributed by atoms with Crippen LogP contribution in [0.15, 0.2) is 82.6 Å². The van der Waals surface area contributed by atoms with Crippen LogP contribution < -0.4 is 10.2 Å². The summed E-state index contributed by atoms with van der Waals surface area (Å²) < 4.78 is 14.4. The van der Waals surface area contributed by atoms with Crippen molar-refractivity contribution in [3.63, 3.8) is 0 Å². The molecular weight excluding hydrogens is 497 g/mol. The molecule has 0 bridgehead atoms. The van der Waals surface area contributed by atoms with Crippen molar-refractivity contribution in [2.75, 3.05) is 31.1 Å². The Balaban J connectivity index is 1.25. The Morgan fingerprint density at radius 1 is 0.974 bits per heavy atom. The molecule has 0 atom stereocenters. The van der Waals surface area contributed by atoms with E-state index in [1.165, 1.54) is 32.0 Å². The highest BCUT2D eigenvalue weighted by atomic mass is 32.2. The van der Waals surface area contributed by atoms with Gasteiger partial charge in [-0.3, -0.25) is 9.59 Å². The molecule has 0 radical (unpaired) electrons. The monoisotopic (exact) mass is 529 g/mol. The summed E-state index contributed by atoms with van der Waals surface area (Å²) in [4.78, 5) is 31.9. The molecule has 2 heterocycles. The second-order valence-electron chi connectivity index (χ2n) is 9.71. The predicted octanol–water partition coefficient (Wildman–Crippen LogP) is 6.11. The van der Waals surface area contributed by atoms with Crippen molar-refractivity contribution in [1.29, 1.82) is 0 Å². The van der Waals surface area contributed by atoms with Crippen LogP contribution in [0.2, 0.25) is 0 Å². The number of anilines is 1. The molecule has 2 amide bonds. The van der Waals surface area contributed by atoms with Gasteiger partial charge in [0.05, 0.1) is 18.7 Å². The number of rotatable bonds is 8. The summed E-state index contributed by atoms with van der Waals surface area (Å²) in [6.45, 7) is 4.22. The Morgan fingerprint density at radius 2 is 1.71 bits per heavy atom. The maximum atomic E-state index is 14.4. The Labute approximate surface area is 227 Å². The van der Waals surface area contributed by atoms with Crippen LogP contribution in [0.1, 0.15) is 47.2 Å². The number of hydrogen-bond donors (Lipinski definition) is 1. The normalized spacial score (nSPS) is 16.9. The lowest BCUT2D eigenvalue weighted by Gasteiger charge is -2.22. The Hall–Kier alpha value is -3.42. The van der Waals surface area contributed by atoms with Crippen LogP contribution in [0.5, 0.6) is 0 Å². The first-order chi connectivity index (χ1) is 18.6. The molecule has 7 heteroatoms. The molecule has 1 fully saturated rings. The molecule has 0 aliphatic carbocycles. The van der Waals surface area contributed by atoms with E-state index in [2.05, 4.69) is 10.2 Å².